The molecule has 2 heterocycles. The van der Waals surface area contributed by atoms with Crippen LogP contribution in [-0.2, 0) is 4.79 Å². The van der Waals surface area contributed by atoms with Crippen molar-refractivity contribution in [1.82, 2.24) is 9.88 Å². The molecule has 1 aliphatic heterocycles. The molecule has 2 unspecified atom stereocenters. The lowest BCUT2D eigenvalue weighted by atomic mass is 10.2. The second-order valence-electron chi connectivity index (χ2n) is 4.64. The van der Waals surface area contributed by atoms with E-state index in [0.717, 1.165) is 4.90 Å². The fraction of sp³-hybridized carbons (Fsp3) is 0.385. The molecule has 0 saturated carbocycles. The van der Waals surface area contributed by atoms with Crippen LogP contribution in [0.1, 0.15) is 28.2 Å². The van der Waals surface area contributed by atoms with E-state index in [2.05, 4.69) is 4.98 Å². The molecule has 7 nitrogen and oxygen atoms in total. The zero-order chi connectivity index (χ0) is 14.9. The van der Waals surface area contributed by atoms with Crippen LogP contribution >= 0.6 is 0 Å². The predicted octanol–water partition coefficient (Wildman–Crippen LogP) is -0.0783. The number of carbonyl (C=O) groups excluding carboxylic acids is 1. The summed E-state index contributed by atoms with van der Waals surface area (Å²) in [5.74, 6) is -1.71. The minimum absolute atomic E-state index is 0.0103. The van der Waals surface area contributed by atoms with E-state index >= 15 is 0 Å². The molecule has 1 aliphatic rings. The monoisotopic (exact) mass is 275 g/mol. The number of nitrogens with zero attached hydrogens (tertiary/aromatic N) is 3. The van der Waals surface area contributed by atoms with Crippen LogP contribution in [0.5, 0.6) is 0 Å². The molecule has 104 valence electrons. The standard InChI is InChI=1S/C13H13N3O4/c1-7-8(5-14)2-3-10(15-7)12(18)16-6-9(17)4-11(16)13(19)20/h2-3,9,11,17H,4,6H2,1H3,(H,19,20). The van der Waals surface area contributed by atoms with E-state index in [9.17, 15) is 14.7 Å². The first-order valence-corrected chi connectivity index (χ1v) is 6.03. The van der Waals surface area contributed by atoms with Gasteiger partial charge in [-0.15, -0.1) is 0 Å². The van der Waals surface area contributed by atoms with Crippen molar-refractivity contribution in [3.05, 3.63) is 29.1 Å². The fourth-order valence-electron chi connectivity index (χ4n) is 2.22. The van der Waals surface area contributed by atoms with E-state index in [1.54, 1.807) is 6.92 Å². The van der Waals surface area contributed by atoms with Gasteiger partial charge >= 0.3 is 5.97 Å². The highest BCUT2D eigenvalue weighted by Gasteiger charge is 2.39. The van der Waals surface area contributed by atoms with Crippen molar-refractivity contribution in [3.63, 3.8) is 0 Å². The minimum atomic E-state index is -1.15. The molecule has 0 radical (unpaired) electrons. The van der Waals surface area contributed by atoms with Crippen LogP contribution in [0.3, 0.4) is 0 Å². The minimum Gasteiger partial charge on any atom is -0.480 e. The van der Waals surface area contributed by atoms with Crippen molar-refractivity contribution in [1.29, 1.82) is 5.26 Å². The van der Waals surface area contributed by atoms with Gasteiger partial charge < -0.3 is 15.1 Å². The van der Waals surface area contributed by atoms with Crippen LogP contribution in [0, 0.1) is 18.3 Å². The van der Waals surface area contributed by atoms with Crippen LogP contribution in [0.25, 0.3) is 0 Å². The van der Waals surface area contributed by atoms with Crippen molar-refractivity contribution >= 4 is 11.9 Å². The molecule has 0 aliphatic carbocycles. The number of hydrogen-bond acceptors (Lipinski definition) is 5. The van der Waals surface area contributed by atoms with Crippen LogP contribution in [0.4, 0.5) is 0 Å². The van der Waals surface area contributed by atoms with Crippen molar-refractivity contribution in [2.75, 3.05) is 6.54 Å². The third-order valence-electron chi connectivity index (χ3n) is 3.25. The molecule has 2 N–H and O–H groups in total. The van der Waals surface area contributed by atoms with Crippen LogP contribution < -0.4 is 0 Å². The Labute approximate surface area is 115 Å². The number of aromatic nitrogens is 1. The zero-order valence-electron chi connectivity index (χ0n) is 10.8. The van der Waals surface area contributed by atoms with Crippen LogP contribution in [-0.4, -0.2) is 50.7 Å². The van der Waals surface area contributed by atoms with Gasteiger partial charge in [0.05, 0.1) is 17.4 Å². The van der Waals surface area contributed by atoms with Gasteiger partial charge in [-0.3, -0.25) is 4.79 Å². The summed E-state index contributed by atoms with van der Waals surface area (Å²) in [5.41, 5.74) is 0.838. The van der Waals surface area contributed by atoms with Gasteiger partial charge in [0.15, 0.2) is 0 Å². The molecule has 1 amide bonds. The summed E-state index contributed by atoms with van der Waals surface area (Å²) in [6.07, 6.45) is -0.837. The first-order valence-electron chi connectivity index (χ1n) is 6.03. The number of aliphatic hydroxyl groups excluding tert-OH is 1. The smallest absolute Gasteiger partial charge is 0.326 e. The lowest BCUT2D eigenvalue weighted by Crippen LogP contribution is -2.41. The summed E-state index contributed by atoms with van der Waals surface area (Å²) in [4.78, 5) is 28.5. The lowest BCUT2D eigenvalue weighted by Gasteiger charge is -2.20. The molecule has 1 aromatic heterocycles. The Balaban J connectivity index is 2.29. The van der Waals surface area contributed by atoms with Gasteiger partial charge in [-0.1, -0.05) is 0 Å². The molecule has 1 saturated heterocycles. The SMILES string of the molecule is Cc1nc(C(=O)N2CC(O)CC2C(=O)O)ccc1C#N. The number of likely N-dealkylation sites (tertiary alicyclic amines) is 1. The summed E-state index contributed by atoms with van der Waals surface area (Å²) in [6.45, 7) is 1.57. The molecular formula is C13H13N3O4. The number of carboxylic acid groups (broad SMARTS) is 1. The summed E-state index contributed by atoms with van der Waals surface area (Å²) >= 11 is 0. The number of amides is 1. The normalized spacial score (nSPS) is 21.6. The maximum Gasteiger partial charge on any atom is 0.326 e. The molecule has 20 heavy (non-hydrogen) atoms. The number of β-amino-alcohol motifs (C(OH)–C–C–N with tert-alkyl or cyclic N) is 1. The molecule has 7 heteroatoms. The van der Waals surface area contributed by atoms with Crippen LogP contribution in [0.15, 0.2) is 12.1 Å². The summed E-state index contributed by atoms with van der Waals surface area (Å²) in [6, 6.07) is 3.75. The maximum atomic E-state index is 12.3. The van der Waals surface area contributed by atoms with E-state index in [4.69, 9.17) is 10.4 Å². The number of nitriles is 1. The predicted molar refractivity (Wildman–Crippen MR) is 66.8 cm³/mol. The molecule has 0 spiro atoms. The first-order chi connectivity index (χ1) is 9.43. The van der Waals surface area contributed by atoms with E-state index in [0.29, 0.717) is 11.3 Å². The highest BCUT2D eigenvalue weighted by Crippen LogP contribution is 2.20. The third kappa shape index (κ3) is 2.46. The Morgan fingerprint density at radius 3 is 2.75 bits per heavy atom. The van der Waals surface area contributed by atoms with Crippen molar-refractivity contribution in [2.24, 2.45) is 0 Å². The molecule has 1 aromatic rings. The third-order valence-corrected chi connectivity index (χ3v) is 3.25. The number of pyridine rings is 1. The fourth-order valence-corrected chi connectivity index (χ4v) is 2.22. The van der Waals surface area contributed by atoms with Gasteiger partial charge in [-0.2, -0.15) is 5.26 Å². The maximum absolute atomic E-state index is 12.3. The second kappa shape index (κ2) is 5.27. The van der Waals surface area contributed by atoms with E-state index in [1.807, 2.05) is 6.07 Å². The quantitative estimate of drug-likeness (QED) is 0.780. The van der Waals surface area contributed by atoms with Crippen LogP contribution in [0.2, 0.25) is 0 Å². The van der Waals surface area contributed by atoms with Gasteiger partial charge in [0.2, 0.25) is 0 Å². The summed E-state index contributed by atoms with van der Waals surface area (Å²) in [5, 5.41) is 27.4. The molecule has 2 rings (SSSR count). The number of aryl methyl sites for hydroxylation is 1. The summed E-state index contributed by atoms with van der Waals surface area (Å²) < 4.78 is 0. The van der Waals surface area contributed by atoms with Gasteiger partial charge in [0.1, 0.15) is 17.8 Å². The Kier molecular flexibility index (Phi) is 3.68. The average Bonchev–Trinajstić information content (AvgIpc) is 2.80. The average molecular weight is 275 g/mol. The van der Waals surface area contributed by atoms with Crippen molar-refractivity contribution in [2.45, 2.75) is 25.5 Å². The summed E-state index contributed by atoms with van der Waals surface area (Å²) in [7, 11) is 0. The van der Waals surface area contributed by atoms with E-state index in [1.165, 1.54) is 12.1 Å². The topological polar surface area (TPSA) is 115 Å². The molecule has 0 aromatic carbocycles. The largest absolute Gasteiger partial charge is 0.480 e. The number of hydrogen-bond donors (Lipinski definition) is 2. The Morgan fingerprint density at radius 1 is 1.50 bits per heavy atom. The highest BCUT2D eigenvalue weighted by atomic mass is 16.4. The number of aliphatic hydroxyl groups is 1. The lowest BCUT2D eigenvalue weighted by molar-refractivity contribution is -0.141. The van der Waals surface area contributed by atoms with E-state index < -0.39 is 24.0 Å². The first kappa shape index (κ1) is 14.0. The Morgan fingerprint density at radius 2 is 2.20 bits per heavy atom. The molecule has 1 fully saturated rings. The van der Waals surface area contributed by atoms with E-state index in [-0.39, 0.29) is 18.7 Å². The number of aliphatic carboxylic acids is 1. The number of carbonyl (C=O) groups is 2. The molecule has 2 atom stereocenters. The van der Waals surface area contributed by atoms with Gasteiger partial charge in [-0.25, -0.2) is 9.78 Å². The second-order valence-corrected chi connectivity index (χ2v) is 4.64. The number of carboxylic acids is 1. The van der Waals surface area contributed by atoms with Gasteiger partial charge in [-0.05, 0) is 19.1 Å². The zero-order valence-corrected chi connectivity index (χ0v) is 10.8. The highest BCUT2D eigenvalue weighted by molar-refractivity contribution is 5.95. The molecule has 0 bridgehead atoms. The Hall–Kier alpha value is -2.46. The van der Waals surface area contributed by atoms with Crippen molar-refractivity contribution in [3.8, 4) is 6.07 Å². The molecular weight excluding hydrogens is 262 g/mol. The van der Waals surface area contributed by atoms with Gasteiger partial charge in [0.25, 0.3) is 5.91 Å². The van der Waals surface area contributed by atoms with Gasteiger partial charge in [0, 0.05) is 13.0 Å². The van der Waals surface area contributed by atoms with Crippen molar-refractivity contribution < 1.29 is 19.8 Å². The number of rotatable bonds is 2. The Bertz CT molecular complexity index is 608.